The van der Waals surface area contributed by atoms with E-state index < -0.39 is 0 Å². The lowest BCUT2D eigenvalue weighted by Gasteiger charge is -2.29. The molecule has 0 aromatic heterocycles. The summed E-state index contributed by atoms with van der Waals surface area (Å²) in [7, 11) is 0. The van der Waals surface area contributed by atoms with Gasteiger partial charge < -0.3 is 10.4 Å². The summed E-state index contributed by atoms with van der Waals surface area (Å²) < 4.78 is 0. The Balaban J connectivity index is 2.04. The summed E-state index contributed by atoms with van der Waals surface area (Å²) >= 11 is 5.92. The molecule has 21 heavy (non-hydrogen) atoms. The molecule has 1 atom stereocenters. The Kier molecular flexibility index (Phi) is 5.65. The zero-order chi connectivity index (χ0) is 15.4. The van der Waals surface area contributed by atoms with Crippen LogP contribution in [0.25, 0.3) is 0 Å². The van der Waals surface area contributed by atoms with Crippen molar-refractivity contribution >= 4 is 17.5 Å². The molecule has 2 N–H and O–H groups in total. The van der Waals surface area contributed by atoms with Gasteiger partial charge in [-0.1, -0.05) is 37.6 Å². The highest BCUT2D eigenvalue weighted by molar-refractivity contribution is 6.30. The van der Waals surface area contributed by atoms with Crippen LogP contribution in [0.3, 0.4) is 0 Å². The maximum absolute atomic E-state index is 12.6. The van der Waals surface area contributed by atoms with Gasteiger partial charge in [-0.15, -0.1) is 0 Å². The van der Waals surface area contributed by atoms with Crippen LogP contribution in [0.2, 0.25) is 5.02 Å². The monoisotopic (exact) mass is 309 g/mol. The first kappa shape index (κ1) is 16.3. The molecule has 0 radical (unpaired) electrons. The molecule has 1 aromatic rings. The lowest BCUT2D eigenvalue weighted by atomic mass is 9.86. The van der Waals surface area contributed by atoms with E-state index in [1.54, 1.807) is 0 Å². The van der Waals surface area contributed by atoms with Gasteiger partial charge in [-0.05, 0) is 49.3 Å². The van der Waals surface area contributed by atoms with Crippen molar-refractivity contribution in [3.8, 4) is 0 Å². The summed E-state index contributed by atoms with van der Waals surface area (Å²) in [5.74, 6) is 0.142. The molecule has 3 nitrogen and oxygen atoms in total. The summed E-state index contributed by atoms with van der Waals surface area (Å²) in [4.78, 5) is 12.6. The van der Waals surface area contributed by atoms with Crippen LogP contribution in [0, 0.1) is 5.92 Å². The number of aliphatic hydroxyl groups is 1. The van der Waals surface area contributed by atoms with Crippen LogP contribution in [0.4, 0.5) is 0 Å². The van der Waals surface area contributed by atoms with Crippen LogP contribution in [0.5, 0.6) is 0 Å². The number of aliphatic hydroxyl groups excluding tert-OH is 1. The molecular weight excluding hydrogens is 286 g/mol. The van der Waals surface area contributed by atoms with E-state index in [9.17, 15) is 9.90 Å². The number of benzene rings is 1. The Morgan fingerprint density at radius 2 is 1.76 bits per heavy atom. The third-order valence-electron chi connectivity index (χ3n) is 4.22. The quantitative estimate of drug-likeness (QED) is 0.894. The van der Waals surface area contributed by atoms with Crippen molar-refractivity contribution in [2.24, 2.45) is 5.92 Å². The average Bonchev–Trinajstić information content (AvgIpc) is 2.43. The Morgan fingerprint density at radius 1 is 1.19 bits per heavy atom. The summed E-state index contributed by atoms with van der Waals surface area (Å²) in [6.07, 6.45) is 3.07. The zero-order valence-electron chi connectivity index (χ0n) is 12.7. The van der Waals surface area contributed by atoms with E-state index >= 15 is 0 Å². The van der Waals surface area contributed by atoms with Crippen molar-refractivity contribution < 1.29 is 9.90 Å². The molecule has 0 heterocycles. The van der Waals surface area contributed by atoms with Gasteiger partial charge in [0.1, 0.15) is 0 Å². The zero-order valence-corrected chi connectivity index (χ0v) is 13.4. The summed E-state index contributed by atoms with van der Waals surface area (Å²) in [5, 5.41) is 13.4. The molecule has 1 saturated carbocycles. The molecule has 0 spiro atoms. The summed E-state index contributed by atoms with van der Waals surface area (Å²) in [5.41, 5.74) is 1.00. The molecule has 2 rings (SSSR count). The minimum Gasteiger partial charge on any atom is -0.393 e. The van der Waals surface area contributed by atoms with Crippen LogP contribution >= 0.6 is 11.6 Å². The normalized spacial score (nSPS) is 23.9. The van der Waals surface area contributed by atoms with Crippen molar-refractivity contribution in [2.75, 3.05) is 0 Å². The largest absolute Gasteiger partial charge is 0.393 e. The van der Waals surface area contributed by atoms with Crippen molar-refractivity contribution in [3.63, 3.8) is 0 Å². The molecule has 1 aromatic carbocycles. The van der Waals surface area contributed by atoms with Gasteiger partial charge in [0.15, 0.2) is 0 Å². The first-order valence-electron chi connectivity index (χ1n) is 7.71. The SMILES string of the molecule is CC(C)C(C(=O)NC1CCC(O)CC1)c1ccc(Cl)cc1. The fourth-order valence-electron chi connectivity index (χ4n) is 3.02. The van der Waals surface area contributed by atoms with E-state index in [4.69, 9.17) is 11.6 Å². The Morgan fingerprint density at radius 3 is 2.29 bits per heavy atom. The van der Waals surface area contributed by atoms with Crippen molar-refractivity contribution in [1.82, 2.24) is 5.32 Å². The Hall–Kier alpha value is -1.06. The smallest absolute Gasteiger partial charge is 0.228 e. The fourth-order valence-corrected chi connectivity index (χ4v) is 3.15. The predicted molar refractivity (Wildman–Crippen MR) is 85.4 cm³/mol. The first-order chi connectivity index (χ1) is 9.97. The highest BCUT2D eigenvalue weighted by atomic mass is 35.5. The first-order valence-corrected chi connectivity index (χ1v) is 8.09. The maximum Gasteiger partial charge on any atom is 0.228 e. The van der Waals surface area contributed by atoms with E-state index in [-0.39, 0.29) is 29.9 Å². The second-order valence-electron chi connectivity index (χ2n) is 6.29. The second-order valence-corrected chi connectivity index (χ2v) is 6.72. The van der Waals surface area contributed by atoms with Crippen LogP contribution in [0.1, 0.15) is 51.0 Å². The van der Waals surface area contributed by atoms with Gasteiger partial charge in [0.2, 0.25) is 5.91 Å². The molecule has 0 aliphatic heterocycles. The molecule has 1 amide bonds. The second kappa shape index (κ2) is 7.28. The summed E-state index contributed by atoms with van der Waals surface area (Å²) in [6, 6.07) is 7.70. The maximum atomic E-state index is 12.6. The number of rotatable bonds is 4. The summed E-state index contributed by atoms with van der Waals surface area (Å²) in [6.45, 7) is 4.12. The van der Waals surface area contributed by atoms with Gasteiger partial charge in [0.05, 0.1) is 12.0 Å². The number of amides is 1. The molecule has 4 heteroatoms. The Labute approximate surface area is 131 Å². The van der Waals surface area contributed by atoms with Gasteiger partial charge >= 0.3 is 0 Å². The number of nitrogens with one attached hydrogen (secondary N) is 1. The number of hydrogen-bond acceptors (Lipinski definition) is 2. The number of halogens is 1. The van der Waals surface area contributed by atoms with Gasteiger partial charge in [0.25, 0.3) is 0 Å². The van der Waals surface area contributed by atoms with Crippen LogP contribution in [0.15, 0.2) is 24.3 Å². The minimum atomic E-state index is -0.199. The standard InChI is InChI=1S/C17H24ClNO2/c1-11(2)16(12-3-5-13(18)6-4-12)17(21)19-14-7-9-15(20)10-8-14/h3-6,11,14-16,20H,7-10H2,1-2H3,(H,19,21). The predicted octanol–water partition coefficient (Wildman–Crippen LogP) is 3.50. The highest BCUT2D eigenvalue weighted by Crippen LogP contribution is 2.27. The molecule has 0 saturated heterocycles. The third-order valence-corrected chi connectivity index (χ3v) is 4.47. The van der Waals surface area contributed by atoms with Crippen molar-refractivity contribution in [1.29, 1.82) is 0 Å². The number of carbonyl (C=O) groups excluding carboxylic acids is 1. The van der Waals surface area contributed by atoms with E-state index in [2.05, 4.69) is 19.2 Å². The van der Waals surface area contributed by atoms with Gasteiger partial charge in [-0.25, -0.2) is 0 Å². The molecule has 116 valence electrons. The van der Waals surface area contributed by atoms with E-state index in [0.29, 0.717) is 5.02 Å². The molecule has 1 unspecified atom stereocenters. The van der Waals surface area contributed by atoms with Crippen molar-refractivity contribution in [3.05, 3.63) is 34.9 Å². The van der Waals surface area contributed by atoms with Gasteiger partial charge in [-0.2, -0.15) is 0 Å². The molecule has 1 aliphatic carbocycles. The van der Waals surface area contributed by atoms with Crippen LogP contribution in [-0.2, 0) is 4.79 Å². The molecular formula is C17H24ClNO2. The molecule has 1 fully saturated rings. The van der Waals surface area contributed by atoms with Crippen molar-refractivity contribution in [2.45, 2.75) is 57.6 Å². The molecule has 0 bridgehead atoms. The lowest BCUT2D eigenvalue weighted by Crippen LogP contribution is -2.42. The van der Waals surface area contributed by atoms with Gasteiger partial charge in [-0.3, -0.25) is 4.79 Å². The van der Waals surface area contributed by atoms with Crippen LogP contribution in [-0.4, -0.2) is 23.2 Å². The molecule has 1 aliphatic rings. The number of hydrogen-bond donors (Lipinski definition) is 2. The van der Waals surface area contributed by atoms with E-state index in [0.717, 1.165) is 31.2 Å². The van der Waals surface area contributed by atoms with Crippen LogP contribution < -0.4 is 5.32 Å². The topological polar surface area (TPSA) is 49.3 Å². The highest BCUT2D eigenvalue weighted by Gasteiger charge is 2.27. The van der Waals surface area contributed by atoms with Gasteiger partial charge in [0, 0.05) is 11.1 Å². The average molecular weight is 310 g/mol. The van der Waals surface area contributed by atoms with E-state index in [1.165, 1.54) is 0 Å². The third kappa shape index (κ3) is 4.45. The lowest BCUT2D eigenvalue weighted by molar-refractivity contribution is -0.124. The Bertz CT molecular complexity index is 464. The number of carbonyl (C=O) groups is 1. The minimum absolute atomic E-state index is 0.0775. The fraction of sp³-hybridized carbons (Fsp3) is 0.588. The van der Waals surface area contributed by atoms with E-state index in [1.807, 2.05) is 24.3 Å².